The zero-order valence-corrected chi connectivity index (χ0v) is 21.9. The van der Waals surface area contributed by atoms with Gasteiger partial charge in [0.15, 0.2) is 0 Å². The molecule has 1 aliphatic rings. The van der Waals surface area contributed by atoms with Crippen molar-refractivity contribution in [2.45, 2.75) is 32.5 Å². The van der Waals surface area contributed by atoms with Crippen LogP contribution in [0.2, 0.25) is 0 Å². The van der Waals surface area contributed by atoms with E-state index < -0.39 is 11.6 Å². The first-order chi connectivity index (χ1) is 17.6. The second kappa shape index (κ2) is 12.9. The van der Waals surface area contributed by atoms with Crippen LogP contribution >= 0.6 is 0 Å². The summed E-state index contributed by atoms with van der Waals surface area (Å²) in [6, 6.07) is 8.03. The van der Waals surface area contributed by atoms with E-state index in [1.54, 1.807) is 37.3 Å². The third kappa shape index (κ3) is 7.47. The number of carbonyl (C=O) groups excluding carboxylic acids is 2. The van der Waals surface area contributed by atoms with Crippen molar-refractivity contribution in [3.05, 3.63) is 59.2 Å². The van der Waals surface area contributed by atoms with Crippen molar-refractivity contribution in [2.75, 3.05) is 52.9 Å². The van der Waals surface area contributed by atoms with Crippen molar-refractivity contribution < 1.29 is 32.6 Å². The van der Waals surface area contributed by atoms with Gasteiger partial charge in [-0.1, -0.05) is 6.92 Å². The van der Waals surface area contributed by atoms with Gasteiger partial charge in [0.25, 0.3) is 5.91 Å². The average Bonchev–Trinajstić information content (AvgIpc) is 2.86. The van der Waals surface area contributed by atoms with Gasteiger partial charge in [-0.3, -0.25) is 14.5 Å². The molecule has 3 rings (SSSR count). The average molecular weight is 520 g/mol. The van der Waals surface area contributed by atoms with Crippen molar-refractivity contribution in [3.63, 3.8) is 0 Å². The normalized spacial score (nSPS) is 21.4. The number of benzene rings is 2. The molecule has 0 saturated heterocycles. The molecule has 0 unspecified atom stereocenters. The predicted octanol–water partition coefficient (Wildman–Crippen LogP) is 3.56. The number of hydrogen-bond donors (Lipinski definition) is 1. The van der Waals surface area contributed by atoms with E-state index in [9.17, 15) is 18.4 Å². The minimum absolute atomic E-state index is 0.0309. The second-order valence-corrected chi connectivity index (χ2v) is 9.45. The molecule has 2 amide bonds. The van der Waals surface area contributed by atoms with Gasteiger partial charge in [0.05, 0.1) is 11.7 Å². The number of nitrogens with zero attached hydrogens (tertiary/aromatic N) is 2. The first kappa shape index (κ1) is 28.5. The number of amides is 2. The maximum absolute atomic E-state index is 14.5. The molecule has 202 valence electrons. The molecule has 0 aromatic heterocycles. The maximum atomic E-state index is 14.5. The van der Waals surface area contributed by atoms with Gasteiger partial charge < -0.3 is 24.4 Å². The lowest BCUT2D eigenvalue weighted by atomic mass is 10.0. The van der Waals surface area contributed by atoms with E-state index in [1.165, 1.54) is 13.2 Å². The van der Waals surface area contributed by atoms with Gasteiger partial charge in [-0.25, -0.2) is 8.78 Å². The van der Waals surface area contributed by atoms with Gasteiger partial charge in [0.1, 0.15) is 30.6 Å². The molecule has 0 radical (unpaired) electrons. The summed E-state index contributed by atoms with van der Waals surface area (Å²) in [5.41, 5.74) is 1.04. The number of hydrogen-bond acceptors (Lipinski definition) is 6. The highest BCUT2D eigenvalue weighted by atomic mass is 19.1. The quantitative estimate of drug-likeness (QED) is 0.629. The van der Waals surface area contributed by atoms with Crippen LogP contribution in [0.15, 0.2) is 36.4 Å². The van der Waals surface area contributed by atoms with E-state index in [1.807, 2.05) is 18.7 Å². The van der Waals surface area contributed by atoms with E-state index in [4.69, 9.17) is 14.2 Å². The summed E-state index contributed by atoms with van der Waals surface area (Å²) in [4.78, 5) is 28.9. The van der Waals surface area contributed by atoms with Crippen LogP contribution in [-0.2, 0) is 20.8 Å². The monoisotopic (exact) mass is 519 g/mol. The molecular formula is C27H35F2N3O5. The van der Waals surface area contributed by atoms with Gasteiger partial charge in [-0.15, -0.1) is 0 Å². The van der Waals surface area contributed by atoms with Gasteiger partial charge in [-0.2, -0.15) is 0 Å². The minimum atomic E-state index is -0.505. The van der Waals surface area contributed by atoms with E-state index in [-0.39, 0.29) is 55.2 Å². The molecule has 1 heterocycles. The number of carbonyl (C=O) groups is 2. The smallest absolute Gasteiger partial charge is 0.257 e. The number of anilines is 1. The zero-order chi connectivity index (χ0) is 27.1. The zero-order valence-electron chi connectivity index (χ0n) is 21.9. The summed E-state index contributed by atoms with van der Waals surface area (Å²) in [6.07, 6.45) is -0.294. The molecule has 0 aliphatic carbocycles. The summed E-state index contributed by atoms with van der Waals surface area (Å²) in [5, 5.41) is 2.72. The number of ether oxygens (including phenoxy) is 3. The number of fused-ring (bicyclic) bond motifs is 1. The molecule has 0 spiro atoms. The predicted molar refractivity (Wildman–Crippen MR) is 136 cm³/mol. The van der Waals surface area contributed by atoms with Crippen molar-refractivity contribution in [1.82, 2.24) is 9.80 Å². The Balaban J connectivity index is 1.95. The lowest BCUT2D eigenvalue weighted by Crippen LogP contribution is -2.46. The summed E-state index contributed by atoms with van der Waals surface area (Å²) in [6.45, 7) is 4.97. The first-order valence-electron chi connectivity index (χ1n) is 12.1. The van der Waals surface area contributed by atoms with Crippen molar-refractivity contribution in [2.24, 2.45) is 5.92 Å². The van der Waals surface area contributed by atoms with Gasteiger partial charge in [0.2, 0.25) is 5.91 Å². The van der Waals surface area contributed by atoms with Crippen molar-refractivity contribution in [3.8, 4) is 5.75 Å². The number of likely N-dealkylation sites (N-methyl/N-ethyl adjacent to an activating group) is 1. The standard InChI is InChI=1S/C27H35F2N3O5/c1-17-12-32(13-19-10-20(28)6-9-23(19)29)18(2)15-37-24-11-21(30-26(33)16-35-4)7-8-22(24)27(34)31(3)14-25(17)36-5/h6-11,17-18,25H,12-16H2,1-5H3,(H,30,33)/t17-,18-,25-/m0/s1. The third-order valence-electron chi connectivity index (χ3n) is 6.52. The molecule has 0 bridgehead atoms. The van der Waals surface area contributed by atoms with Gasteiger partial charge >= 0.3 is 0 Å². The highest BCUT2D eigenvalue weighted by Crippen LogP contribution is 2.27. The number of rotatable bonds is 6. The van der Waals surface area contributed by atoms with E-state index in [0.717, 1.165) is 12.1 Å². The second-order valence-electron chi connectivity index (χ2n) is 9.45. The number of methoxy groups -OCH3 is 2. The highest BCUT2D eigenvalue weighted by Gasteiger charge is 2.29. The Morgan fingerprint density at radius 1 is 1.14 bits per heavy atom. The van der Waals surface area contributed by atoms with E-state index >= 15 is 0 Å². The van der Waals surface area contributed by atoms with Crippen LogP contribution in [0.1, 0.15) is 29.8 Å². The van der Waals surface area contributed by atoms with Crippen LogP contribution in [0.25, 0.3) is 0 Å². The molecule has 1 aliphatic heterocycles. The Morgan fingerprint density at radius 3 is 2.59 bits per heavy atom. The molecule has 37 heavy (non-hydrogen) atoms. The molecule has 10 heteroatoms. The van der Waals surface area contributed by atoms with Crippen molar-refractivity contribution in [1.29, 1.82) is 0 Å². The molecule has 2 aromatic rings. The molecule has 0 fully saturated rings. The summed E-state index contributed by atoms with van der Waals surface area (Å²) in [7, 11) is 4.71. The molecule has 8 nitrogen and oxygen atoms in total. The van der Waals surface area contributed by atoms with E-state index in [2.05, 4.69) is 5.32 Å². The fourth-order valence-corrected chi connectivity index (χ4v) is 4.36. The Bertz CT molecular complexity index is 1100. The van der Waals surface area contributed by atoms with Crippen LogP contribution < -0.4 is 10.1 Å². The topological polar surface area (TPSA) is 80.3 Å². The Kier molecular flexibility index (Phi) is 9.96. The van der Waals surface area contributed by atoms with Crippen molar-refractivity contribution >= 4 is 17.5 Å². The summed E-state index contributed by atoms with van der Waals surface area (Å²) in [5.74, 6) is -1.30. The Morgan fingerprint density at radius 2 is 1.89 bits per heavy atom. The minimum Gasteiger partial charge on any atom is -0.491 e. The number of nitrogens with one attached hydrogen (secondary N) is 1. The van der Waals surface area contributed by atoms with Crippen LogP contribution in [0.5, 0.6) is 5.75 Å². The largest absolute Gasteiger partial charge is 0.491 e. The fourth-order valence-electron chi connectivity index (χ4n) is 4.36. The molecule has 2 aromatic carbocycles. The molecular weight excluding hydrogens is 484 g/mol. The lowest BCUT2D eigenvalue weighted by molar-refractivity contribution is -0.119. The molecule has 3 atom stereocenters. The SMILES string of the molecule is COCC(=O)Nc1ccc2c(c1)OC[C@H](C)N(Cc1cc(F)ccc1F)C[C@H](C)[C@@H](OC)CN(C)C2=O. The van der Waals surface area contributed by atoms with Gasteiger partial charge in [0, 0.05) is 64.3 Å². The highest BCUT2D eigenvalue weighted by molar-refractivity contribution is 5.98. The Hall–Kier alpha value is -3.08. The van der Waals surface area contributed by atoms with Gasteiger partial charge in [-0.05, 0) is 43.2 Å². The van der Waals surface area contributed by atoms with Crippen LogP contribution in [0, 0.1) is 17.6 Å². The van der Waals surface area contributed by atoms with E-state index in [0.29, 0.717) is 30.1 Å². The number of halogens is 2. The fraction of sp³-hybridized carbons (Fsp3) is 0.481. The van der Waals surface area contributed by atoms with Crippen LogP contribution in [-0.4, -0.2) is 81.3 Å². The first-order valence-corrected chi connectivity index (χ1v) is 12.1. The maximum Gasteiger partial charge on any atom is 0.257 e. The summed E-state index contributed by atoms with van der Waals surface area (Å²) >= 11 is 0. The Labute approximate surface area is 216 Å². The van der Waals surface area contributed by atoms with Crippen LogP contribution in [0.3, 0.4) is 0 Å². The molecule has 0 saturated carbocycles. The van der Waals surface area contributed by atoms with Crippen LogP contribution in [0.4, 0.5) is 14.5 Å². The lowest BCUT2D eigenvalue weighted by Gasteiger charge is -2.36. The molecule has 1 N–H and O–H groups in total. The summed E-state index contributed by atoms with van der Waals surface area (Å²) < 4.78 is 45.1. The third-order valence-corrected chi connectivity index (χ3v) is 6.52.